The predicted molar refractivity (Wildman–Crippen MR) is 95.6 cm³/mol. The Balaban J connectivity index is 1.55. The van der Waals surface area contributed by atoms with E-state index in [1.165, 1.54) is 25.1 Å². The van der Waals surface area contributed by atoms with Crippen molar-refractivity contribution in [2.24, 2.45) is 0 Å². The Kier molecular flexibility index (Phi) is 5.51. The quantitative estimate of drug-likeness (QED) is 0.799. The monoisotopic (exact) mass is 378 g/mol. The summed E-state index contributed by atoms with van der Waals surface area (Å²) in [6, 6.07) is 5.24. The first-order chi connectivity index (χ1) is 12.4. The van der Waals surface area contributed by atoms with Gasteiger partial charge >= 0.3 is 12.0 Å². The third-order valence-corrected chi connectivity index (χ3v) is 5.36. The van der Waals surface area contributed by atoms with E-state index in [1.54, 1.807) is 6.07 Å². The number of fused-ring (bicyclic) bond motifs is 1. The number of hydrogen-bond donors (Lipinski definition) is 2. The Morgan fingerprint density at radius 2 is 1.96 bits per heavy atom. The highest BCUT2D eigenvalue weighted by Gasteiger charge is 2.24. The SMILES string of the molecule is C[C@@H](OC(=O)c1cc2cc(F)ccc2s1)C(=O)NC(=O)NC1CCCC1. The van der Waals surface area contributed by atoms with Crippen molar-refractivity contribution in [2.45, 2.75) is 44.8 Å². The van der Waals surface area contributed by atoms with Crippen LogP contribution in [0, 0.1) is 5.82 Å². The molecule has 3 rings (SSSR count). The third kappa shape index (κ3) is 4.37. The molecule has 2 N–H and O–H groups in total. The summed E-state index contributed by atoms with van der Waals surface area (Å²) in [5.41, 5.74) is 0. The van der Waals surface area contributed by atoms with Crippen molar-refractivity contribution in [3.05, 3.63) is 35.0 Å². The van der Waals surface area contributed by atoms with Crippen LogP contribution in [0.2, 0.25) is 0 Å². The number of nitrogens with one attached hydrogen (secondary N) is 2. The number of benzene rings is 1. The zero-order chi connectivity index (χ0) is 18.7. The third-order valence-electron chi connectivity index (χ3n) is 4.26. The van der Waals surface area contributed by atoms with Crippen LogP contribution in [-0.2, 0) is 9.53 Å². The maximum atomic E-state index is 13.2. The van der Waals surface area contributed by atoms with E-state index in [-0.39, 0.29) is 10.9 Å². The van der Waals surface area contributed by atoms with Gasteiger partial charge in [0, 0.05) is 10.7 Å². The number of thiophene rings is 1. The molecule has 3 amide bonds. The van der Waals surface area contributed by atoms with E-state index in [9.17, 15) is 18.8 Å². The van der Waals surface area contributed by atoms with Crippen molar-refractivity contribution < 1.29 is 23.5 Å². The molecule has 1 fully saturated rings. The zero-order valence-corrected chi connectivity index (χ0v) is 15.0. The van der Waals surface area contributed by atoms with Gasteiger partial charge in [-0.25, -0.2) is 14.0 Å². The largest absolute Gasteiger partial charge is 0.448 e. The normalized spacial score (nSPS) is 15.6. The van der Waals surface area contributed by atoms with Crippen LogP contribution >= 0.6 is 11.3 Å². The summed E-state index contributed by atoms with van der Waals surface area (Å²) in [6.45, 7) is 1.39. The van der Waals surface area contributed by atoms with E-state index < -0.39 is 29.8 Å². The van der Waals surface area contributed by atoms with Gasteiger partial charge in [-0.1, -0.05) is 12.8 Å². The summed E-state index contributed by atoms with van der Waals surface area (Å²) in [7, 11) is 0. The van der Waals surface area contributed by atoms with Gasteiger partial charge in [0.1, 0.15) is 10.7 Å². The molecule has 1 aromatic heterocycles. The molecule has 0 aliphatic heterocycles. The molecule has 8 heteroatoms. The fraction of sp³-hybridized carbons (Fsp3) is 0.389. The van der Waals surface area contributed by atoms with Crippen LogP contribution in [-0.4, -0.2) is 30.1 Å². The molecular formula is C18H19FN2O4S. The van der Waals surface area contributed by atoms with Crippen molar-refractivity contribution in [1.29, 1.82) is 0 Å². The Bertz CT molecular complexity index is 845. The van der Waals surface area contributed by atoms with Crippen molar-refractivity contribution in [2.75, 3.05) is 0 Å². The lowest BCUT2D eigenvalue weighted by molar-refractivity contribution is -0.127. The number of ether oxygens (including phenoxy) is 1. The van der Waals surface area contributed by atoms with Crippen molar-refractivity contribution >= 4 is 39.3 Å². The highest BCUT2D eigenvalue weighted by atomic mass is 32.1. The Morgan fingerprint density at radius 3 is 2.69 bits per heavy atom. The van der Waals surface area contributed by atoms with Crippen molar-refractivity contribution in [3.63, 3.8) is 0 Å². The second-order valence-corrected chi connectivity index (χ2v) is 7.37. The lowest BCUT2D eigenvalue weighted by atomic mass is 10.2. The number of urea groups is 1. The summed E-state index contributed by atoms with van der Waals surface area (Å²) in [5, 5.41) is 5.51. The molecule has 1 heterocycles. The zero-order valence-electron chi connectivity index (χ0n) is 14.2. The second-order valence-electron chi connectivity index (χ2n) is 6.28. The van der Waals surface area contributed by atoms with E-state index in [4.69, 9.17) is 4.74 Å². The van der Waals surface area contributed by atoms with E-state index in [1.807, 2.05) is 0 Å². The Morgan fingerprint density at radius 1 is 1.23 bits per heavy atom. The molecule has 6 nitrogen and oxygen atoms in total. The van der Waals surface area contributed by atoms with Gasteiger partial charge in [0.05, 0.1) is 0 Å². The first-order valence-electron chi connectivity index (χ1n) is 8.44. The van der Waals surface area contributed by atoms with Crippen LogP contribution in [0.3, 0.4) is 0 Å². The first kappa shape index (κ1) is 18.3. The van der Waals surface area contributed by atoms with Gasteiger partial charge in [-0.2, -0.15) is 0 Å². The minimum absolute atomic E-state index is 0.0830. The minimum atomic E-state index is -1.13. The average molecular weight is 378 g/mol. The topological polar surface area (TPSA) is 84.5 Å². The van der Waals surface area contributed by atoms with Crippen LogP contribution in [0.5, 0.6) is 0 Å². The summed E-state index contributed by atoms with van der Waals surface area (Å²) in [6.07, 6.45) is 2.80. The number of hydrogen-bond acceptors (Lipinski definition) is 5. The standard InChI is InChI=1S/C18H19FN2O4S/c1-10(16(22)21-18(24)20-13-4-2-3-5-13)25-17(23)15-9-11-8-12(19)6-7-14(11)26-15/h6-10,13H,2-5H2,1H3,(H2,20,21,22,24)/t10-/m1/s1. The molecule has 1 atom stereocenters. The molecule has 0 unspecified atom stereocenters. The van der Waals surface area contributed by atoms with Gasteiger partial charge in [0.25, 0.3) is 5.91 Å². The summed E-state index contributed by atoms with van der Waals surface area (Å²) in [5.74, 6) is -1.78. The molecule has 1 aromatic carbocycles. The maximum absolute atomic E-state index is 13.2. The molecule has 1 aliphatic carbocycles. The van der Waals surface area contributed by atoms with Crippen LogP contribution in [0.15, 0.2) is 24.3 Å². The molecule has 1 aliphatic rings. The summed E-state index contributed by atoms with van der Waals surface area (Å²) in [4.78, 5) is 36.3. The molecule has 2 aromatic rings. The highest BCUT2D eigenvalue weighted by molar-refractivity contribution is 7.20. The van der Waals surface area contributed by atoms with E-state index in [2.05, 4.69) is 10.6 Å². The van der Waals surface area contributed by atoms with Gasteiger partial charge < -0.3 is 10.1 Å². The Hall–Kier alpha value is -2.48. The van der Waals surface area contributed by atoms with Crippen molar-refractivity contribution in [3.8, 4) is 0 Å². The molecule has 0 bridgehead atoms. The number of amides is 3. The van der Waals surface area contributed by atoms with Crippen LogP contribution in [0.1, 0.15) is 42.3 Å². The lowest BCUT2D eigenvalue weighted by Gasteiger charge is -2.15. The van der Waals surface area contributed by atoms with Gasteiger partial charge in [0.15, 0.2) is 6.10 Å². The number of carbonyl (C=O) groups is 3. The molecule has 0 spiro atoms. The maximum Gasteiger partial charge on any atom is 0.349 e. The van der Waals surface area contributed by atoms with E-state index >= 15 is 0 Å². The smallest absolute Gasteiger partial charge is 0.349 e. The average Bonchev–Trinajstić information content (AvgIpc) is 3.23. The molecule has 1 saturated carbocycles. The summed E-state index contributed by atoms with van der Waals surface area (Å²) < 4.78 is 19.1. The fourth-order valence-electron chi connectivity index (χ4n) is 2.89. The van der Waals surface area contributed by atoms with Crippen LogP contribution in [0.25, 0.3) is 10.1 Å². The van der Waals surface area contributed by atoms with Crippen LogP contribution in [0.4, 0.5) is 9.18 Å². The number of rotatable bonds is 4. The fourth-order valence-corrected chi connectivity index (χ4v) is 3.82. The number of halogens is 1. The van der Waals surface area contributed by atoms with Gasteiger partial charge in [-0.05, 0) is 49.4 Å². The lowest BCUT2D eigenvalue weighted by Crippen LogP contribution is -2.47. The number of esters is 1. The number of carbonyl (C=O) groups excluding carboxylic acids is 3. The summed E-state index contributed by atoms with van der Waals surface area (Å²) >= 11 is 1.15. The molecule has 26 heavy (non-hydrogen) atoms. The molecule has 0 radical (unpaired) electrons. The van der Waals surface area contributed by atoms with Gasteiger partial charge in [0.2, 0.25) is 0 Å². The first-order valence-corrected chi connectivity index (χ1v) is 9.25. The second kappa shape index (κ2) is 7.82. The van der Waals surface area contributed by atoms with Gasteiger partial charge in [-0.3, -0.25) is 10.1 Å². The molecule has 138 valence electrons. The molecular weight excluding hydrogens is 359 g/mol. The predicted octanol–water partition coefficient (Wildman–Crippen LogP) is 3.35. The van der Waals surface area contributed by atoms with Crippen LogP contribution < -0.4 is 10.6 Å². The number of imide groups is 1. The molecule has 0 saturated heterocycles. The Labute approximate surface area is 153 Å². The van der Waals surface area contributed by atoms with E-state index in [0.717, 1.165) is 41.7 Å². The highest BCUT2D eigenvalue weighted by Crippen LogP contribution is 2.27. The van der Waals surface area contributed by atoms with Gasteiger partial charge in [-0.15, -0.1) is 11.3 Å². The van der Waals surface area contributed by atoms with E-state index in [0.29, 0.717) is 5.39 Å². The minimum Gasteiger partial charge on any atom is -0.448 e. The van der Waals surface area contributed by atoms with Crippen molar-refractivity contribution in [1.82, 2.24) is 10.6 Å².